The molecule has 23 heavy (non-hydrogen) atoms. The molecule has 2 amide bonds. The molecule has 0 radical (unpaired) electrons. The van der Waals surface area contributed by atoms with E-state index in [1.165, 1.54) is 0 Å². The van der Waals surface area contributed by atoms with Crippen LogP contribution in [0.15, 0.2) is 30.6 Å². The Morgan fingerprint density at radius 3 is 3.09 bits per heavy atom. The molecule has 124 valence electrons. The van der Waals surface area contributed by atoms with Crippen molar-refractivity contribution >= 4 is 11.7 Å². The molecule has 0 spiro atoms. The molecule has 1 aliphatic carbocycles. The summed E-state index contributed by atoms with van der Waals surface area (Å²) in [4.78, 5) is 16.3. The van der Waals surface area contributed by atoms with E-state index in [9.17, 15) is 9.90 Å². The molecular formula is C17H24N4O2. The van der Waals surface area contributed by atoms with E-state index in [0.717, 1.165) is 37.0 Å². The van der Waals surface area contributed by atoms with Crippen LogP contribution in [-0.2, 0) is 6.42 Å². The molecule has 2 unspecified atom stereocenters. The molecule has 2 heterocycles. The fourth-order valence-electron chi connectivity index (χ4n) is 3.16. The Bertz CT molecular complexity index is 622. The lowest BCUT2D eigenvalue weighted by atomic mass is 9.87. The van der Waals surface area contributed by atoms with Crippen LogP contribution >= 0.6 is 0 Å². The quantitative estimate of drug-likeness (QED) is 0.786. The van der Waals surface area contributed by atoms with E-state index >= 15 is 0 Å². The van der Waals surface area contributed by atoms with Crippen molar-refractivity contribution in [3.8, 4) is 0 Å². The summed E-state index contributed by atoms with van der Waals surface area (Å²) in [6.45, 7) is 1.19. The highest BCUT2D eigenvalue weighted by Crippen LogP contribution is 2.23. The van der Waals surface area contributed by atoms with E-state index in [1.54, 1.807) is 0 Å². The average Bonchev–Trinajstić information content (AvgIpc) is 2.96. The van der Waals surface area contributed by atoms with Gasteiger partial charge in [0.15, 0.2) is 0 Å². The molecule has 6 nitrogen and oxygen atoms in total. The molecule has 2 aromatic heterocycles. The monoisotopic (exact) mass is 316 g/mol. The van der Waals surface area contributed by atoms with E-state index < -0.39 is 0 Å². The van der Waals surface area contributed by atoms with Crippen molar-refractivity contribution in [2.24, 2.45) is 5.92 Å². The number of nitrogens with one attached hydrogen (secondary N) is 2. The molecule has 0 aromatic carbocycles. The maximum absolute atomic E-state index is 11.8. The Labute approximate surface area is 135 Å². The Balaban J connectivity index is 1.37. The maximum Gasteiger partial charge on any atom is 0.314 e. The summed E-state index contributed by atoms with van der Waals surface area (Å²) in [7, 11) is 0. The van der Waals surface area contributed by atoms with Gasteiger partial charge in [-0.25, -0.2) is 9.78 Å². The molecule has 3 N–H and O–H groups in total. The first-order valence-corrected chi connectivity index (χ1v) is 8.33. The Hall–Kier alpha value is -2.08. The smallest absolute Gasteiger partial charge is 0.314 e. The van der Waals surface area contributed by atoms with Crippen LogP contribution < -0.4 is 10.6 Å². The highest BCUT2D eigenvalue weighted by atomic mass is 16.3. The number of hydrogen-bond acceptors (Lipinski definition) is 3. The van der Waals surface area contributed by atoms with Crippen LogP contribution in [0.4, 0.5) is 4.79 Å². The third-order valence-corrected chi connectivity index (χ3v) is 4.39. The highest BCUT2D eigenvalue weighted by molar-refractivity contribution is 5.73. The fourth-order valence-corrected chi connectivity index (χ4v) is 3.16. The molecule has 1 saturated carbocycles. The zero-order chi connectivity index (χ0) is 16.1. The zero-order valence-electron chi connectivity index (χ0n) is 13.2. The Morgan fingerprint density at radius 2 is 2.26 bits per heavy atom. The Kier molecular flexibility index (Phi) is 5.12. The average molecular weight is 316 g/mol. The molecule has 0 saturated heterocycles. The third kappa shape index (κ3) is 4.45. The van der Waals surface area contributed by atoms with Crippen molar-refractivity contribution in [3.63, 3.8) is 0 Å². The molecule has 3 rings (SSSR count). The summed E-state index contributed by atoms with van der Waals surface area (Å²) in [5.74, 6) is 0.392. The standard InChI is InChI=1S/C17H24N4O2/c22-15-5-3-4-13(10-15)11-19-17(23)18-8-7-14-12-21-9-2-1-6-16(21)20-14/h1-2,6,9,12-13,15,22H,3-5,7-8,10-11H2,(H2,18,19,23). The number of fused-ring (bicyclic) bond motifs is 1. The van der Waals surface area contributed by atoms with Gasteiger partial charge in [0, 0.05) is 31.9 Å². The van der Waals surface area contributed by atoms with Gasteiger partial charge in [-0.3, -0.25) is 0 Å². The molecule has 2 aromatic rings. The van der Waals surface area contributed by atoms with E-state index in [-0.39, 0.29) is 12.1 Å². The molecule has 0 aliphatic heterocycles. The van der Waals surface area contributed by atoms with E-state index in [2.05, 4.69) is 15.6 Å². The fraction of sp³-hybridized carbons (Fsp3) is 0.529. The number of aromatic nitrogens is 2. The van der Waals surface area contributed by atoms with Crippen LogP contribution in [0.3, 0.4) is 0 Å². The number of amides is 2. The predicted octanol–water partition coefficient (Wildman–Crippen LogP) is 1.73. The van der Waals surface area contributed by atoms with Gasteiger partial charge in [-0.2, -0.15) is 0 Å². The maximum atomic E-state index is 11.8. The topological polar surface area (TPSA) is 78.7 Å². The van der Waals surface area contributed by atoms with Gasteiger partial charge >= 0.3 is 6.03 Å². The second-order valence-electron chi connectivity index (χ2n) is 6.27. The summed E-state index contributed by atoms with van der Waals surface area (Å²) in [6.07, 6.45) is 8.26. The number of aliphatic hydroxyl groups is 1. The number of imidazole rings is 1. The van der Waals surface area contributed by atoms with Crippen molar-refractivity contribution in [2.75, 3.05) is 13.1 Å². The number of rotatable bonds is 5. The van der Waals surface area contributed by atoms with E-state index in [4.69, 9.17) is 0 Å². The van der Waals surface area contributed by atoms with Crippen LogP contribution in [0.25, 0.3) is 5.65 Å². The second-order valence-corrected chi connectivity index (χ2v) is 6.27. The summed E-state index contributed by atoms with van der Waals surface area (Å²) >= 11 is 0. The lowest BCUT2D eigenvalue weighted by Gasteiger charge is -2.25. The van der Waals surface area contributed by atoms with Crippen LogP contribution in [0, 0.1) is 5.92 Å². The number of hydrogen-bond donors (Lipinski definition) is 3. The number of aliphatic hydroxyl groups excluding tert-OH is 1. The molecular weight excluding hydrogens is 292 g/mol. The zero-order valence-corrected chi connectivity index (χ0v) is 13.2. The number of pyridine rings is 1. The molecule has 1 fully saturated rings. The lowest BCUT2D eigenvalue weighted by Crippen LogP contribution is -2.40. The number of nitrogens with zero attached hydrogens (tertiary/aromatic N) is 2. The first-order valence-electron chi connectivity index (χ1n) is 8.33. The lowest BCUT2D eigenvalue weighted by molar-refractivity contribution is 0.101. The van der Waals surface area contributed by atoms with Crippen molar-refractivity contribution in [1.82, 2.24) is 20.0 Å². The van der Waals surface area contributed by atoms with Crippen LogP contribution in [0.1, 0.15) is 31.4 Å². The minimum absolute atomic E-state index is 0.145. The number of urea groups is 1. The molecule has 1 aliphatic rings. The molecule has 0 bridgehead atoms. The van der Waals surface area contributed by atoms with Gasteiger partial charge in [-0.1, -0.05) is 12.5 Å². The van der Waals surface area contributed by atoms with Gasteiger partial charge in [0.2, 0.25) is 0 Å². The molecule has 2 atom stereocenters. The van der Waals surface area contributed by atoms with Gasteiger partial charge in [0.1, 0.15) is 5.65 Å². The first-order chi connectivity index (χ1) is 11.2. The first kappa shape index (κ1) is 15.8. The van der Waals surface area contributed by atoms with Gasteiger partial charge < -0.3 is 20.1 Å². The van der Waals surface area contributed by atoms with Gasteiger partial charge in [0.25, 0.3) is 0 Å². The summed E-state index contributed by atoms with van der Waals surface area (Å²) < 4.78 is 1.98. The number of carbonyl (C=O) groups is 1. The largest absolute Gasteiger partial charge is 0.393 e. The Morgan fingerprint density at radius 1 is 1.35 bits per heavy atom. The number of carbonyl (C=O) groups excluding carboxylic acids is 1. The van der Waals surface area contributed by atoms with Crippen molar-refractivity contribution < 1.29 is 9.90 Å². The van der Waals surface area contributed by atoms with Crippen LogP contribution in [-0.4, -0.2) is 39.7 Å². The minimum atomic E-state index is -0.200. The summed E-state index contributed by atoms with van der Waals surface area (Å²) in [6, 6.07) is 5.74. The SMILES string of the molecule is O=C(NCCc1cn2ccccc2n1)NCC1CCCC(O)C1. The van der Waals surface area contributed by atoms with Crippen molar-refractivity contribution in [2.45, 2.75) is 38.2 Å². The van der Waals surface area contributed by atoms with Crippen LogP contribution in [0.2, 0.25) is 0 Å². The predicted molar refractivity (Wildman–Crippen MR) is 88.3 cm³/mol. The third-order valence-electron chi connectivity index (χ3n) is 4.39. The van der Waals surface area contributed by atoms with Crippen LogP contribution in [0.5, 0.6) is 0 Å². The normalized spacial score (nSPS) is 21.3. The van der Waals surface area contributed by atoms with Gasteiger partial charge in [-0.05, 0) is 37.3 Å². The highest BCUT2D eigenvalue weighted by Gasteiger charge is 2.20. The van der Waals surface area contributed by atoms with Crippen molar-refractivity contribution in [3.05, 3.63) is 36.3 Å². The van der Waals surface area contributed by atoms with E-state index in [0.29, 0.717) is 25.4 Å². The van der Waals surface area contributed by atoms with E-state index in [1.807, 2.05) is 35.0 Å². The molecule has 6 heteroatoms. The summed E-state index contributed by atoms with van der Waals surface area (Å²) in [5.41, 5.74) is 1.88. The minimum Gasteiger partial charge on any atom is -0.393 e. The van der Waals surface area contributed by atoms with Gasteiger partial charge in [-0.15, -0.1) is 0 Å². The van der Waals surface area contributed by atoms with Crippen molar-refractivity contribution in [1.29, 1.82) is 0 Å². The summed E-state index contributed by atoms with van der Waals surface area (Å²) in [5, 5.41) is 15.4. The van der Waals surface area contributed by atoms with Gasteiger partial charge in [0.05, 0.1) is 11.8 Å². The second kappa shape index (κ2) is 7.46.